The summed E-state index contributed by atoms with van der Waals surface area (Å²) in [5.41, 5.74) is 0.411. The van der Waals surface area contributed by atoms with Gasteiger partial charge in [-0.05, 0) is 12.1 Å². The molecule has 0 radical (unpaired) electrons. The van der Waals surface area contributed by atoms with E-state index in [0.29, 0.717) is 17.2 Å². The number of ketones is 1. The van der Waals surface area contributed by atoms with Gasteiger partial charge < -0.3 is 9.15 Å². The van der Waals surface area contributed by atoms with Crippen LogP contribution in [0.2, 0.25) is 0 Å². The summed E-state index contributed by atoms with van der Waals surface area (Å²) in [4.78, 5) is 12.0. The number of benzene rings is 1. The second kappa shape index (κ2) is 4.14. The fraction of sp³-hybridized carbons (Fsp3) is 0.182. The molecule has 0 aliphatic carbocycles. The molecule has 1 aromatic carbocycles. The predicted molar refractivity (Wildman–Crippen MR) is 55.5 cm³/mol. The molecular formula is C11H10N2O3. The SMILES string of the molecule is COc1ccccc1C(=O)c1nnc(C)o1. The van der Waals surface area contributed by atoms with Gasteiger partial charge in [0.15, 0.2) is 0 Å². The second-order valence-corrected chi connectivity index (χ2v) is 3.16. The largest absolute Gasteiger partial charge is 0.496 e. The zero-order chi connectivity index (χ0) is 11.5. The van der Waals surface area contributed by atoms with Crippen LogP contribution in [0.25, 0.3) is 0 Å². The predicted octanol–water partition coefficient (Wildman–Crippen LogP) is 1.62. The Bertz CT molecular complexity index is 519. The molecule has 0 fully saturated rings. The van der Waals surface area contributed by atoms with Crippen LogP contribution in [0.1, 0.15) is 22.1 Å². The van der Waals surface area contributed by atoms with Gasteiger partial charge >= 0.3 is 0 Å². The van der Waals surface area contributed by atoms with E-state index in [-0.39, 0.29) is 11.7 Å². The van der Waals surface area contributed by atoms with Crippen molar-refractivity contribution in [2.45, 2.75) is 6.92 Å². The van der Waals surface area contributed by atoms with E-state index in [0.717, 1.165) is 0 Å². The minimum Gasteiger partial charge on any atom is -0.496 e. The third kappa shape index (κ3) is 1.79. The van der Waals surface area contributed by atoms with Crippen LogP contribution in [-0.4, -0.2) is 23.1 Å². The van der Waals surface area contributed by atoms with E-state index in [1.54, 1.807) is 31.2 Å². The van der Waals surface area contributed by atoms with Gasteiger partial charge in [0.2, 0.25) is 5.89 Å². The van der Waals surface area contributed by atoms with Crippen LogP contribution in [0.4, 0.5) is 0 Å². The number of ether oxygens (including phenoxy) is 1. The molecule has 5 heteroatoms. The van der Waals surface area contributed by atoms with E-state index in [1.807, 2.05) is 0 Å². The molecule has 0 aliphatic heterocycles. The first-order chi connectivity index (χ1) is 7.72. The van der Waals surface area contributed by atoms with Gasteiger partial charge in [0.1, 0.15) is 5.75 Å². The average Bonchev–Trinajstić information content (AvgIpc) is 2.75. The number of aryl methyl sites for hydroxylation is 1. The van der Waals surface area contributed by atoms with Crippen LogP contribution >= 0.6 is 0 Å². The lowest BCUT2D eigenvalue weighted by atomic mass is 10.1. The Morgan fingerprint density at radius 3 is 2.69 bits per heavy atom. The second-order valence-electron chi connectivity index (χ2n) is 3.16. The number of rotatable bonds is 3. The van der Waals surface area contributed by atoms with Crippen LogP contribution in [-0.2, 0) is 0 Å². The molecule has 0 unspecified atom stereocenters. The fourth-order valence-electron chi connectivity index (χ4n) is 1.34. The average molecular weight is 218 g/mol. The summed E-state index contributed by atoms with van der Waals surface area (Å²) >= 11 is 0. The van der Waals surface area contributed by atoms with Crippen molar-refractivity contribution in [3.8, 4) is 5.75 Å². The number of para-hydroxylation sites is 1. The van der Waals surface area contributed by atoms with Gasteiger partial charge in [-0.15, -0.1) is 10.2 Å². The van der Waals surface area contributed by atoms with Gasteiger partial charge in [-0.25, -0.2) is 0 Å². The van der Waals surface area contributed by atoms with Crippen molar-refractivity contribution in [2.75, 3.05) is 7.11 Å². The molecule has 5 nitrogen and oxygen atoms in total. The first-order valence-corrected chi connectivity index (χ1v) is 4.70. The van der Waals surface area contributed by atoms with Crippen molar-refractivity contribution in [1.29, 1.82) is 0 Å². The zero-order valence-corrected chi connectivity index (χ0v) is 8.93. The maximum Gasteiger partial charge on any atom is 0.289 e. The third-order valence-corrected chi connectivity index (χ3v) is 2.07. The number of hydrogen-bond donors (Lipinski definition) is 0. The summed E-state index contributed by atoms with van der Waals surface area (Å²) in [7, 11) is 1.51. The maximum atomic E-state index is 12.0. The normalized spacial score (nSPS) is 10.1. The Hall–Kier alpha value is -2.17. The maximum absolute atomic E-state index is 12.0. The molecule has 2 rings (SSSR count). The molecule has 0 atom stereocenters. The smallest absolute Gasteiger partial charge is 0.289 e. The standard InChI is InChI=1S/C11H10N2O3/c1-7-12-13-11(16-7)10(14)8-5-3-4-6-9(8)15-2/h3-6H,1-2H3. The van der Waals surface area contributed by atoms with Gasteiger partial charge in [0.25, 0.3) is 11.7 Å². The van der Waals surface area contributed by atoms with E-state index in [9.17, 15) is 4.79 Å². The molecule has 0 bridgehead atoms. The van der Waals surface area contributed by atoms with E-state index in [1.165, 1.54) is 7.11 Å². The molecule has 0 amide bonds. The van der Waals surface area contributed by atoms with E-state index >= 15 is 0 Å². The molecule has 2 aromatic rings. The minimum atomic E-state index is -0.335. The Kier molecular flexibility index (Phi) is 2.68. The number of hydrogen-bond acceptors (Lipinski definition) is 5. The molecule has 16 heavy (non-hydrogen) atoms. The Morgan fingerprint density at radius 1 is 1.31 bits per heavy atom. The fourth-order valence-corrected chi connectivity index (χ4v) is 1.34. The lowest BCUT2D eigenvalue weighted by Crippen LogP contribution is -2.04. The molecule has 0 spiro atoms. The number of nitrogens with zero attached hydrogens (tertiary/aromatic N) is 2. The molecule has 1 heterocycles. The van der Waals surface area contributed by atoms with Crippen LogP contribution in [0, 0.1) is 6.92 Å². The molecular weight excluding hydrogens is 208 g/mol. The highest BCUT2D eigenvalue weighted by Gasteiger charge is 2.19. The van der Waals surface area contributed by atoms with E-state index in [4.69, 9.17) is 9.15 Å². The monoisotopic (exact) mass is 218 g/mol. The van der Waals surface area contributed by atoms with Crippen molar-refractivity contribution < 1.29 is 13.9 Å². The molecule has 82 valence electrons. The highest BCUT2D eigenvalue weighted by molar-refractivity contribution is 6.07. The summed E-state index contributed by atoms with van der Waals surface area (Å²) in [5.74, 6) is 0.488. The number of carbonyl (C=O) groups excluding carboxylic acids is 1. The van der Waals surface area contributed by atoms with Crippen LogP contribution in [0.3, 0.4) is 0 Å². The Labute approximate surface area is 92.1 Å². The van der Waals surface area contributed by atoms with Gasteiger partial charge in [-0.2, -0.15) is 0 Å². The summed E-state index contributed by atoms with van der Waals surface area (Å²) in [5, 5.41) is 7.29. The van der Waals surface area contributed by atoms with Crippen molar-refractivity contribution in [1.82, 2.24) is 10.2 Å². The third-order valence-electron chi connectivity index (χ3n) is 2.07. The van der Waals surface area contributed by atoms with Crippen LogP contribution in [0.5, 0.6) is 5.75 Å². The van der Waals surface area contributed by atoms with Gasteiger partial charge in [0.05, 0.1) is 12.7 Å². The van der Waals surface area contributed by atoms with Crippen LogP contribution in [0.15, 0.2) is 28.7 Å². The van der Waals surface area contributed by atoms with E-state index in [2.05, 4.69) is 10.2 Å². The number of carbonyl (C=O) groups is 1. The lowest BCUT2D eigenvalue weighted by molar-refractivity contribution is 0.0998. The van der Waals surface area contributed by atoms with Gasteiger partial charge in [-0.3, -0.25) is 4.79 Å². The zero-order valence-electron chi connectivity index (χ0n) is 8.93. The first-order valence-electron chi connectivity index (χ1n) is 4.70. The quantitative estimate of drug-likeness (QED) is 0.732. The summed E-state index contributed by atoms with van der Waals surface area (Å²) in [6.07, 6.45) is 0. The lowest BCUT2D eigenvalue weighted by Gasteiger charge is -2.04. The van der Waals surface area contributed by atoms with Crippen LogP contribution < -0.4 is 4.74 Å². The van der Waals surface area contributed by atoms with Gasteiger partial charge in [0, 0.05) is 6.92 Å². The molecule has 0 aliphatic rings. The Balaban J connectivity index is 2.41. The highest BCUT2D eigenvalue weighted by Crippen LogP contribution is 2.20. The molecule has 0 N–H and O–H groups in total. The number of aromatic nitrogens is 2. The molecule has 1 aromatic heterocycles. The summed E-state index contributed by atoms with van der Waals surface area (Å²) in [6.45, 7) is 1.63. The number of methoxy groups -OCH3 is 1. The van der Waals surface area contributed by atoms with E-state index < -0.39 is 0 Å². The summed E-state index contributed by atoms with van der Waals surface area (Å²) in [6, 6.07) is 6.89. The molecule has 0 saturated carbocycles. The van der Waals surface area contributed by atoms with Crippen molar-refractivity contribution in [3.05, 3.63) is 41.6 Å². The van der Waals surface area contributed by atoms with Crippen molar-refractivity contribution in [2.24, 2.45) is 0 Å². The van der Waals surface area contributed by atoms with Crippen molar-refractivity contribution in [3.63, 3.8) is 0 Å². The highest BCUT2D eigenvalue weighted by atomic mass is 16.5. The minimum absolute atomic E-state index is 0.0259. The Morgan fingerprint density at radius 2 is 2.06 bits per heavy atom. The summed E-state index contributed by atoms with van der Waals surface area (Å²) < 4.78 is 10.2. The topological polar surface area (TPSA) is 65.2 Å². The first kappa shape index (κ1) is 10.4. The molecule has 0 saturated heterocycles. The van der Waals surface area contributed by atoms with Gasteiger partial charge in [-0.1, -0.05) is 12.1 Å². The van der Waals surface area contributed by atoms with Crippen molar-refractivity contribution >= 4 is 5.78 Å².